The van der Waals surface area contributed by atoms with Crippen molar-refractivity contribution in [2.45, 2.75) is 72.3 Å². The van der Waals surface area contributed by atoms with Crippen LogP contribution in [-0.2, 0) is 9.47 Å². The van der Waals surface area contributed by atoms with Crippen LogP contribution in [0.4, 0.5) is 0 Å². The SMILES string of the molecule is CC(C)(CCC(C)(C)C1CCCCO1)C1CCOC1. The zero-order chi connectivity index (χ0) is 13.9. The molecular formula is C17H32O2. The smallest absolute Gasteiger partial charge is 0.0626 e. The molecule has 2 atom stereocenters. The van der Waals surface area contributed by atoms with E-state index in [0.29, 0.717) is 16.9 Å². The second kappa shape index (κ2) is 6.13. The lowest BCUT2D eigenvalue weighted by Crippen LogP contribution is -2.36. The summed E-state index contributed by atoms with van der Waals surface area (Å²) < 4.78 is 11.6. The Balaban J connectivity index is 1.85. The van der Waals surface area contributed by atoms with Gasteiger partial charge < -0.3 is 9.47 Å². The van der Waals surface area contributed by atoms with Gasteiger partial charge in [-0.2, -0.15) is 0 Å². The van der Waals surface area contributed by atoms with E-state index in [1.54, 1.807) is 0 Å². The predicted molar refractivity (Wildman–Crippen MR) is 79.3 cm³/mol. The average molecular weight is 268 g/mol. The quantitative estimate of drug-likeness (QED) is 0.734. The molecule has 2 rings (SSSR count). The van der Waals surface area contributed by atoms with Gasteiger partial charge in [0.1, 0.15) is 0 Å². The van der Waals surface area contributed by atoms with Crippen molar-refractivity contribution in [3.8, 4) is 0 Å². The van der Waals surface area contributed by atoms with Gasteiger partial charge in [0, 0.05) is 19.8 Å². The predicted octanol–water partition coefficient (Wildman–Crippen LogP) is 4.42. The maximum atomic E-state index is 6.01. The van der Waals surface area contributed by atoms with Crippen molar-refractivity contribution in [2.75, 3.05) is 19.8 Å². The van der Waals surface area contributed by atoms with Crippen LogP contribution < -0.4 is 0 Å². The first-order chi connectivity index (χ1) is 8.92. The Morgan fingerprint density at radius 1 is 0.895 bits per heavy atom. The van der Waals surface area contributed by atoms with E-state index >= 15 is 0 Å². The molecule has 0 radical (unpaired) electrons. The molecule has 0 saturated carbocycles. The summed E-state index contributed by atoms with van der Waals surface area (Å²) >= 11 is 0. The molecule has 112 valence electrons. The van der Waals surface area contributed by atoms with Gasteiger partial charge in [0.15, 0.2) is 0 Å². The van der Waals surface area contributed by atoms with E-state index in [0.717, 1.165) is 25.7 Å². The summed E-state index contributed by atoms with van der Waals surface area (Å²) in [5.74, 6) is 0.746. The van der Waals surface area contributed by atoms with E-state index in [9.17, 15) is 0 Å². The first-order valence-corrected chi connectivity index (χ1v) is 8.11. The summed E-state index contributed by atoms with van der Waals surface area (Å²) in [7, 11) is 0. The maximum Gasteiger partial charge on any atom is 0.0626 e. The molecule has 2 fully saturated rings. The summed E-state index contributed by atoms with van der Waals surface area (Å²) in [5, 5.41) is 0. The molecule has 0 aromatic carbocycles. The zero-order valence-electron chi connectivity index (χ0n) is 13.3. The third kappa shape index (κ3) is 3.95. The lowest BCUT2D eigenvalue weighted by molar-refractivity contribution is -0.0624. The van der Waals surface area contributed by atoms with Crippen molar-refractivity contribution in [3.05, 3.63) is 0 Å². The van der Waals surface area contributed by atoms with Crippen molar-refractivity contribution >= 4 is 0 Å². The normalized spacial score (nSPS) is 29.7. The van der Waals surface area contributed by atoms with Gasteiger partial charge in [0.25, 0.3) is 0 Å². The lowest BCUT2D eigenvalue weighted by Gasteiger charge is -2.40. The maximum absolute atomic E-state index is 6.01. The molecule has 0 amide bonds. The Morgan fingerprint density at radius 3 is 2.21 bits per heavy atom. The van der Waals surface area contributed by atoms with E-state index in [4.69, 9.17) is 9.47 Å². The number of ether oxygens (including phenoxy) is 2. The second-order valence-electron chi connectivity index (χ2n) is 7.89. The second-order valence-corrected chi connectivity index (χ2v) is 7.89. The van der Waals surface area contributed by atoms with Crippen molar-refractivity contribution in [1.29, 1.82) is 0 Å². The van der Waals surface area contributed by atoms with Gasteiger partial charge in [-0.05, 0) is 55.3 Å². The van der Waals surface area contributed by atoms with Crippen molar-refractivity contribution in [1.82, 2.24) is 0 Å². The number of hydrogen-bond acceptors (Lipinski definition) is 2. The average Bonchev–Trinajstić information content (AvgIpc) is 2.93. The summed E-state index contributed by atoms with van der Waals surface area (Å²) in [6.07, 6.45) is 8.10. The molecule has 2 aliphatic rings. The van der Waals surface area contributed by atoms with Crippen LogP contribution in [0.25, 0.3) is 0 Å². The fourth-order valence-corrected chi connectivity index (χ4v) is 3.52. The highest BCUT2D eigenvalue weighted by Crippen LogP contribution is 2.42. The van der Waals surface area contributed by atoms with Crippen LogP contribution in [0.15, 0.2) is 0 Å². The molecule has 19 heavy (non-hydrogen) atoms. The first-order valence-electron chi connectivity index (χ1n) is 8.11. The minimum atomic E-state index is 0.317. The van der Waals surface area contributed by atoms with E-state index < -0.39 is 0 Å². The van der Waals surface area contributed by atoms with E-state index in [1.165, 1.54) is 38.5 Å². The Kier molecular flexibility index (Phi) is 4.94. The van der Waals surface area contributed by atoms with Crippen LogP contribution in [0.1, 0.15) is 66.2 Å². The highest BCUT2D eigenvalue weighted by atomic mass is 16.5. The molecule has 2 heterocycles. The molecule has 0 aromatic heterocycles. The Labute approximate surface area is 119 Å². The van der Waals surface area contributed by atoms with E-state index in [-0.39, 0.29) is 0 Å². The van der Waals surface area contributed by atoms with Gasteiger partial charge in [-0.3, -0.25) is 0 Å². The minimum Gasteiger partial charge on any atom is -0.381 e. The first kappa shape index (κ1) is 15.3. The van der Waals surface area contributed by atoms with Crippen LogP contribution in [0.2, 0.25) is 0 Å². The Morgan fingerprint density at radius 2 is 1.63 bits per heavy atom. The Bertz CT molecular complexity index is 271. The molecule has 0 bridgehead atoms. The van der Waals surface area contributed by atoms with Crippen LogP contribution in [0.5, 0.6) is 0 Å². The minimum absolute atomic E-state index is 0.317. The fraction of sp³-hybridized carbons (Fsp3) is 1.00. The highest BCUT2D eigenvalue weighted by molar-refractivity contribution is 4.87. The Hall–Kier alpha value is -0.0800. The summed E-state index contributed by atoms with van der Waals surface area (Å²) in [5.41, 5.74) is 0.722. The molecule has 2 saturated heterocycles. The van der Waals surface area contributed by atoms with E-state index in [1.807, 2.05) is 0 Å². The third-order valence-corrected chi connectivity index (χ3v) is 5.50. The summed E-state index contributed by atoms with van der Waals surface area (Å²) in [4.78, 5) is 0. The molecule has 2 heteroatoms. The van der Waals surface area contributed by atoms with Crippen molar-refractivity contribution < 1.29 is 9.47 Å². The van der Waals surface area contributed by atoms with E-state index in [2.05, 4.69) is 27.7 Å². The van der Waals surface area contributed by atoms with Crippen LogP contribution >= 0.6 is 0 Å². The standard InChI is InChI=1S/C17H32O2/c1-16(2,14-8-12-18-13-14)9-10-17(3,4)15-7-5-6-11-19-15/h14-15H,5-13H2,1-4H3. The van der Waals surface area contributed by atoms with Crippen molar-refractivity contribution in [2.24, 2.45) is 16.7 Å². The van der Waals surface area contributed by atoms with Gasteiger partial charge in [-0.1, -0.05) is 27.7 Å². The third-order valence-electron chi connectivity index (χ3n) is 5.50. The number of hydrogen-bond donors (Lipinski definition) is 0. The van der Waals surface area contributed by atoms with Gasteiger partial charge in [-0.25, -0.2) is 0 Å². The lowest BCUT2D eigenvalue weighted by atomic mass is 9.69. The molecular weight excluding hydrogens is 236 g/mol. The zero-order valence-corrected chi connectivity index (χ0v) is 13.3. The molecule has 0 aromatic rings. The highest BCUT2D eigenvalue weighted by Gasteiger charge is 2.37. The number of rotatable bonds is 5. The monoisotopic (exact) mass is 268 g/mol. The van der Waals surface area contributed by atoms with Crippen LogP contribution in [-0.4, -0.2) is 25.9 Å². The summed E-state index contributed by atoms with van der Waals surface area (Å²) in [6, 6.07) is 0. The topological polar surface area (TPSA) is 18.5 Å². The largest absolute Gasteiger partial charge is 0.381 e. The van der Waals surface area contributed by atoms with Gasteiger partial charge in [0.2, 0.25) is 0 Å². The molecule has 0 spiro atoms. The van der Waals surface area contributed by atoms with Gasteiger partial charge >= 0.3 is 0 Å². The van der Waals surface area contributed by atoms with Gasteiger partial charge in [-0.15, -0.1) is 0 Å². The molecule has 2 aliphatic heterocycles. The molecule has 2 nitrogen and oxygen atoms in total. The fourth-order valence-electron chi connectivity index (χ4n) is 3.52. The van der Waals surface area contributed by atoms with Crippen LogP contribution in [0.3, 0.4) is 0 Å². The van der Waals surface area contributed by atoms with Gasteiger partial charge in [0.05, 0.1) is 6.10 Å². The van der Waals surface area contributed by atoms with Crippen molar-refractivity contribution in [3.63, 3.8) is 0 Å². The van der Waals surface area contributed by atoms with Crippen LogP contribution in [0, 0.1) is 16.7 Å². The molecule has 0 N–H and O–H groups in total. The molecule has 0 aliphatic carbocycles. The molecule has 2 unspecified atom stereocenters. The summed E-state index contributed by atoms with van der Waals surface area (Å²) in [6.45, 7) is 12.5.